The maximum Gasteiger partial charge on any atom is 0.335 e. The number of hydrogen-bond acceptors (Lipinski definition) is 5. The normalized spacial score (nSPS) is 15.0. The van der Waals surface area contributed by atoms with Crippen LogP contribution in [0.4, 0.5) is 10.5 Å². The molecular formula is C24H16BrClN2O5. The summed E-state index contributed by atoms with van der Waals surface area (Å²) in [6, 6.07) is 17.0. The number of phenolic OH excluding ortho intramolecular Hbond substituents is 1. The molecule has 1 aliphatic rings. The second-order valence-corrected chi connectivity index (χ2v) is 8.42. The van der Waals surface area contributed by atoms with Gasteiger partial charge in [-0.2, -0.15) is 0 Å². The van der Waals surface area contributed by atoms with Crippen LogP contribution >= 0.6 is 27.5 Å². The Labute approximate surface area is 202 Å². The highest BCUT2D eigenvalue weighted by Gasteiger charge is 2.37. The minimum absolute atomic E-state index is 0.0212. The van der Waals surface area contributed by atoms with E-state index in [1.807, 2.05) is 12.1 Å². The molecular weight excluding hydrogens is 512 g/mol. The first kappa shape index (κ1) is 22.6. The first-order valence-corrected chi connectivity index (χ1v) is 10.9. The smallest absolute Gasteiger partial charge is 0.335 e. The highest BCUT2D eigenvalue weighted by molar-refractivity contribution is 9.10. The van der Waals surface area contributed by atoms with Gasteiger partial charge in [0.15, 0.2) is 0 Å². The molecule has 4 amide bonds. The molecule has 1 saturated heterocycles. The molecule has 0 aliphatic carbocycles. The van der Waals surface area contributed by atoms with Gasteiger partial charge < -0.3 is 9.84 Å². The number of carbonyl (C=O) groups is 3. The lowest BCUT2D eigenvalue weighted by Gasteiger charge is -2.26. The van der Waals surface area contributed by atoms with Crippen molar-refractivity contribution < 1.29 is 24.2 Å². The van der Waals surface area contributed by atoms with E-state index < -0.39 is 17.8 Å². The van der Waals surface area contributed by atoms with E-state index in [0.29, 0.717) is 20.8 Å². The predicted octanol–water partition coefficient (Wildman–Crippen LogP) is 5.05. The fourth-order valence-electron chi connectivity index (χ4n) is 3.15. The summed E-state index contributed by atoms with van der Waals surface area (Å²) in [7, 11) is 0. The topological polar surface area (TPSA) is 95.9 Å². The van der Waals surface area contributed by atoms with Gasteiger partial charge in [0.05, 0.1) is 5.69 Å². The largest absolute Gasteiger partial charge is 0.508 e. The molecule has 0 spiro atoms. The molecule has 166 valence electrons. The number of hydrogen-bond donors (Lipinski definition) is 2. The van der Waals surface area contributed by atoms with Crippen molar-refractivity contribution >= 4 is 57.1 Å². The van der Waals surface area contributed by atoms with Crippen molar-refractivity contribution in [3.05, 3.63) is 92.9 Å². The third-order valence-corrected chi connectivity index (χ3v) is 5.53. The molecule has 9 heteroatoms. The van der Waals surface area contributed by atoms with Gasteiger partial charge in [-0.3, -0.25) is 14.9 Å². The molecule has 1 heterocycles. The van der Waals surface area contributed by atoms with E-state index in [1.54, 1.807) is 30.3 Å². The molecule has 0 radical (unpaired) electrons. The number of halogens is 2. The van der Waals surface area contributed by atoms with Gasteiger partial charge in [0, 0.05) is 15.1 Å². The maximum absolute atomic E-state index is 13.1. The van der Waals surface area contributed by atoms with Crippen LogP contribution in [-0.2, 0) is 16.2 Å². The van der Waals surface area contributed by atoms with Gasteiger partial charge >= 0.3 is 6.03 Å². The molecule has 1 fully saturated rings. The number of amides is 4. The third kappa shape index (κ3) is 5.08. The lowest BCUT2D eigenvalue weighted by Crippen LogP contribution is -2.54. The van der Waals surface area contributed by atoms with Crippen LogP contribution in [0.25, 0.3) is 6.08 Å². The van der Waals surface area contributed by atoms with Crippen LogP contribution in [0.1, 0.15) is 11.1 Å². The van der Waals surface area contributed by atoms with Crippen molar-refractivity contribution in [3.63, 3.8) is 0 Å². The summed E-state index contributed by atoms with van der Waals surface area (Å²) < 4.78 is 6.63. The van der Waals surface area contributed by atoms with Crippen LogP contribution in [0, 0.1) is 0 Å². The van der Waals surface area contributed by atoms with E-state index in [2.05, 4.69) is 21.2 Å². The Balaban J connectivity index is 1.66. The maximum atomic E-state index is 13.1. The molecule has 0 aromatic heterocycles. The van der Waals surface area contributed by atoms with Crippen molar-refractivity contribution in [1.29, 1.82) is 0 Å². The molecule has 0 atom stereocenters. The number of nitrogens with zero attached hydrogens (tertiary/aromatic N) is 1. The molecule has 0 bridgehead atoms. The number of carbonyl (C=O) groups excluding carboxylic acids is 3. The minimum Gasteiger partial charge on any atom is -0.508 e. The standard InChI is InChI=1S/C24H16BrClN2O5/c25-16-3-10-21(33-13-14-1-4-17(26)5-2-14)15(11-16)12-20-22(30)27-24(32)28(23(20)31)18-6-8-19(29)9-7-18/h1-12,29H,13H2,(H,27,30,32)/b20-12+. The highest BCUT2D eigenvalue weighted by Crippen LogP contribution is 2.29. The summed E-state index contributed by atoms with van der Waals surface area (Å²) in [5.74, 6) is -1.19. The Morgan fingerprint density at radius 2 is 1.70 bits per heavy atom. The number of phenols is 1. The van der Waals surface area contributed by atoms with E-state index in [4.69, 9.17) is 16.3 Å². The number of benzene rings is 3. The van der Waals surface area contributed by atoms with Crippen LogP contribution in [0.2, 0.25) is 5.02 Å². The average molecular weight is 528 g/mol. The lowest BCUT2D eigenvalue weighted by atomic mass is 10.1. The second-order valence-electron chi connectivity index (χ2n) is 7.07. The summed E-state index contributed by atoms with van der Waals surface area (Å²) in [4.78, 5) is 38.8. The number of urea groups is 1. The van der Waals surface area contributed by atoms with E-state index in [0.717, 1.165) is 10.5 Å². The molecule has 0 saturated carbocycles. The molecule has 1 aliphatic heterocycles. The van der Waals surface area contributed by atoms with Crippen LogP contribution in [0.5, 0.6) is 11.5 Å². The van der Waals surface area contributed by atoms with Crippen LogP contribution < -0.4 is 15.0 Å². The Kier molecular flexibility index (Phi) is 6.48. The summed E-state index contributed by atoms with van der Waals surface area (Å²) >= 11 is 9.30. The van der Waals surface area contributed by atoms with E-state index in [-0.39, 0.29) is 23.6 Å². The first-order valence-electron chi connectivity index (χ1n) is 9.69. The van der Waals surface area contributed by atoms with Crippen molar-refractivity contribution in [2.24, 2.45) is 0 Å². The summed E-state index contributed by atoms with van der Waals surface area (Å²) in [6.07, 6.45) is 1.37. The number of imide groups is 2. The monoisotopic (exact) mass is 526 g/mol. The fraction of sp³-hybridized carbons (Fsp3) is 0.0417. The number of barbiturate groups is 1. The van der Waals surface area contributed by atoms with E-state index in [9.17, 15) is 19.5 Å². The summed E-state index contributed by atoms with van der Waals surface area (Å²) in [6.45, 7) is 0.243. The fourth-order valence-corrected chi connectivity index (χ4v) is 3.66. The SMILES string of the molecule is O=C1NC(=O)N(c2ccc(O)cc2)C(=O)/C1=C/c1cc(Br)ccc1OCc1ccc(Cl)cc1. The Morgan fingerprint density at radius 3 is 2.39 bits per heavy atom. The highest BCUT2D eigenvalue weighted by atomic mass is 79.9. The number of aromatic hydroxyl groups is 1. The molecule has 3 aromatic rings. The molecule has 4 rings (SSSR count). The van der Waals surface area contributed by atoms with Gasteiger partial charge in [0.25, 0.3) is 11.8 Å². The first-order chi connectivity index (χ1) is 15.8. The van der Waals surface area contributed by atoms with Crippen molar-refractivity contribution in [2.75, 3.05) is 4.90 Å². The van der Waals surface area contributed by atoms with Crippen molar-refractivity contribution in [1.82, 2.24) is 5.32 Å². The third-order valence-electron chi connectivity index (χ3n) is 4.79. The van der Waals surface area contributed by atoms with Gasteiger partial charge in [-0.15, -0.1) is 0 Å². The quantitative estimate of drug-likeness (QED) is 0.357. The number of nitrogens with one attached hydrogen (secondary N) is 1. The van der Waals surface area contributed by atoms with Gasteiger partial charge in [-0.25, -0.2) is 9.69 Å². The van der Waals surface area contributed by atoms with E-state index in [1.165, 1.54) is 30.3 Å². The van der Waals surface area contributed by atoms with Crippen LogP contribution in [-0.4, -0.2) is 23.0 Å². The molecule has 33 heavy (non-hydrogen) atoms. The zero-order valence-electron chi connectivity index (χ0n) is 16.9. The zero-order valence-corrected chi connectivity index (χ0v) is 19.3. The average Bonchev–Trinajstić information content (AvgIpc) is 2.78. The molecule has 2 N–H and O–H groups in total. The van der Waals surface area contributed by atoms with E-state index >= 15 is 0 Å². The van der Waals surface area contributed by atoms with Crippen LogP contribution in [0.3, 0.4) is 0 Å². The van der Waals surface area contributed by atoms with Gasteiger partial charge in [-0.1, -0.05) is 39.7 Å². The molecule has 3 aromatic carbocycles. The Bertz CT molecular complexity index is 1270. The number of anilines is 1. The Hall–Kier alpha value is -3.62. The van der Waals surface area contributed by atoms with Crippen LogP contribution in [0.15, 0.2) is 76.8 Å². The zero-order chi connectivity index (χ0) is 23.5. The van der Waals surface area contributed by atoms with Gasteiger partial charge in [0.1, 0.15) is 23.7 Å². The van der Waals surface area contributed by atoms with Crippen molar-refractivity contribution in [3.8, 4) is 11.5 Å². The molecule has 7 nitrogen and oxygen atoms in total. The van der Waals surface area contributed by atoms with Gasteiger partial charge in [0.2, 0.25) is 0 Å². The second kappa shape index (κ2) is 9.48. The van der Waals surface area contributed by atoms with Crippen molar-refractivity contribution in [2.45, 2.75) is 6.61 Å². The molecule has 0 unspecified atom stereocenters. The predicted molar refractivity (Wildman–Crippen MR) is 127 cm³/mol. The summed E-state index contributed by atoms with van der Waals surface area (Å²) in [5, 5.41) is 12.3. The number of ether oxygens (including phenoxy) is 1. The lowest BCUT2D eigenvalue weighted by molar-refractivity contribution is -0.122. The minimum atomic E-state index is -0.874. The number of rotatable bonds is 5. The van der Waals surface area contributed by atoms with Gasteiger partial charge in [-0.05, 0) is 66.2 Å². The Morgan fingerprint density at radius 1 is 1.00 bits per heavy atom. The summed E-state index contributed by atoms with van der Waals surface area (Å²) in [5.41, 5.74) is 1.33.